The molecule has 0 radical (unpaired) electrons. The van der Waals surface area contributed by atoms with Crippen molar-refractivity contribution in [3.8, 4) is 0 Å². The second kappa shape index (κ2) is 29.0. The summed E-state index contributed by atoms with van der Waals surface area (Å²) in [5, 5.41) is 5.23. The third-order valence-corrected chi connectivity index (χ3v) is 4.30. The SMILES string of the molecule is C=C/C(=C\C=C\F)CNC/C=C/NN(C)CN(C/C=C(\C)C=O)CC(C)CCOC.CC.CC. The zero-order chi connectivity index (χ0) is 26.6. The molecule has 0 aliphatic heterocycles. The fraction of sp³-hybridized carbons (Fsp3) is 0.593. The molecule has 0 aromatic rings. The van der Waals surface area contributed by atoms with Gasteiger partial charge in [-0.3, -0.25) is 9.69 Å². The minimum Gasteiger partial charge on any atom is -0.385 e. The van der Waals surface area contributed by atoms with E-state index in [1.54, 1.807) is 19.3 Å². The first kappa shape index (κ1) is 36.5. The van der Waals surface area contributed by atoms with Gasteiger partial charge in [0.05, 0.1) is 13.0 Å². The molecular formula is C27H51FN4O2. The van der Waals surface area contributed by atoms with E-state index in [-0.39, 0.29) is 0 Å². The molecule has 0 amide bonds. The Labute approximate surface area is 209 Å². The molecule has 0 heterocycles. The molecule has 6 nitrogen and oxygen atoms in total. The number of nitrogens with zero attached hydrogens (tertiary/aromatic N) is 2. The van der Waals surface area contributed by atoms with Crippen molar-refractivity contribution in [3.63, 3.8) is 0 Å². The van der Waals surface area contributed by atoms with E-state index in [9.17, 15) is 9.18 Å². The Bertz CT molecular complexity index is 589. The number of hydrazine groups is 1. The van der Waals surface area contributed by atoms with Crippen LogP contribution in [0.4, 0.5) is 4.39 Å². The molecule has 34 heavy (non-hydrogen) atoms. The highest BCUT2D eigenvalue weighted by Gasteiger charge is 2.11. The third kappa shape index (κ3) is 24.6. The lowest BCUT2D eigenvalue weighted by Crippen LogP contribution is -2.43. The average Bonchev–Trinajstić information content (AvgIpc) is 2.87. The molecule has 0 aliphatic carbocycles. The highest BCUT2D eigenvalue weighted by molar-refractivity contribution is 5.72. The Balaban J connectivity index is -0.00000227. The van der Waals surface area contributed by atoms with Gasteiger partial charge in [-0.25, -0.2) is 9.40 Å². The van der Waals surface area contributed by atoms with Crippen LogP contribution in [-0.2, 0) is 9.53 Å². The standard InChI is InChI=1S/C23H39FN4O2.2C2H6/c1-6-23(9-7-12-24)17-25-13-8-14-26-27(4)20-28(15-10-22(3)19-29)18-21(2)11-16-30-5;2*1-2/h6-10,12,14,19,21,25-26H,1,11,13,15-18,20H2,2-5H3;2*1-2H3/b12-7+,14-8+,22-10+,23-9+;;. The summed E-state index contributed by atoms with van der Waals surface area (Å²) in [5.74, 6) is 0.488. The van der Waals surface area contributed by atoms with Gasteiger partial charge in [0.1, 0.15) is 6.29 Å². The topological polar surface area (TPSA) is 56.8 Å². The Morgan fingerprint density at radius 1 is 1.24 bits per heavy atom. The Morgan fingerprint density at radius 3 is 2.47 bits per heavy atom. The maximum Gasteiger partial charge on any atom is 0.145 e. The van der Waals surface area contributed by atoms with Crippen molar-refractivity contribution >= 4 is 6.29 Å². The maximum atomic E-state index is 12.0. The second-order valence-electron chi connectivity index (χ2n) is 7.25. The summed E-state index contributed by atoms with van der Waals surface area (Å²) < 4.78 is 17.2. The molecule has 0 bridgehead atoms. The van der Waals surface area contributed by atoms with E-state index in [1.165, 1.54) is 6.08 Å². The molecule has 2 N–H and O–H groups in total. The Hall–Kier alpha value is -2.06. The summed E-state index contributed by atoms with van der Waals surface area (Å²) in [6.45, 7) is 20.1. The molecule has 0 spiro atoms. The first-order chi connectivity index (χ1) is 16.5. The molecule has 198 valence electrons. The molecule has 0 fully saturated rings. The Morgan fingerprint density at radius 2 is 1.91 bits per heavy atom. The number of ether oxygens (including phenoxy) is 1. The normalized spacial score (nSPS) is 12.9. The fourth-order valence-electron chi connectivity index (χ4n) is 2.60. The van der Waals surface area contributed by atoms with Crippen LogP contribution in [0.5, 0.6) is 0 Å². The summed E-state index contributed by atoms with van der Waals surface area (Å²) in [4.78, 5) is 13.2. The minimum absolute atomic E-state index is 0.488. The predicted octanol–water partition coefficient (Wildman–Crippen LogP) is 5.25. The molecule has 1 unspecified atom stereocenters. The zero-order valence-electron chi connectivity index (χ0n) is 22.9. The summed E-state index contributed by atoms with van der Waals surface area (Å²) in [6, 6.07) is 0. The van der Waals surface area contributed by atoms with E-state index in [0.717, 1.165) is 37.0 Å². The van der Waals surface area contributed by atoms with E-state index in [2.05, 4.69) is 29.1 Å². The molecule has 0 saturated heterocycles. The van der Waals surface area contributed by atoms with Crippen molar-refractivity contribution in [2.45, 2.75) is 48.0 Å². The molecule has 0 saturated carbocycles. The van der Waals surface area contributed by atoms with Crippen molar-refractivity contribution in [3.05, 3.63) is 60.6 Å². The first-order valence-electron chi connectivity index (χ1n) is 12.2. The molecule has 1 atom stereocenters. The molecule has 0 aromatic carbocycles. The van der Waals surface area contributed by atoms with Crippen molar-refractivity contribution in [2.24, 2.45) is 5.92 Å². The molecule has 0 aliphatic rings. The lowest BCUT2D eigenvalue weighted by atomic mass is 10.1. The number of hydrogen-bond donors (Lipinski definition) is 2. The number of methoxy groups -OCH3 is 1. The average molecular weight is 483 g/mol. The van der Waals surface area contributed by atoms with Gasteiger partial charge in [-0.15, -0.1) is 0 Å². The molecule has 0 aromatic heterocycles. The number of hydrogen-bond acceptors (Lipinski definition) is 6. The lowest BCUT2D eigenvalue weighted by molar-refractivity contribution is -0.104. The number of rotatable bonds is 18. The van der Waals surface area contributed by atoms with Gasteiger partial charge < -0.3 is 15.5 Å². The van der Waals surface area contributed by atoms with Crippen LogP contribution in [0.25, 0.3) is 0 Å². The van der Waals surface area contributed by atoms with E-state index in [4.69, 9.17) is 4.74 Å². The van der Waals surface area contributed by atoms with Crippen LogP contribution in [0.15, 0.2) is 60.6 Å². The number of allylic oxidation sites excluding steroid dienone is 3. The smallest absolute Gasteiger partial charge is 0.145 e. The maximum absolute atomic E-state index is 12.0. The highest BCUT2D eigenvalue weighted by Crippen LogP contribution is 2.06. The van der Waals surface area contributed by atoms with E-state index < -0.39 is 0 Å². The highest BCUT2D eigenvalue weighted by atomic mass is 19.1. The van der Waals surface area contributed by atoms with Crippen molar-refractivity contribution in [2.75, 3.05) is 53.6 Å². The second-order valence-corrected chi connectivity index (χ2v) is 7.25. The molecule has 7 heteroatoms. The van der Waals surface area contributed by atoms with Crippen LogP contribution in [0, 0.1) is 5.92 Å². The van der Waals surface area contributed by atoms with Crippen LogP contribution in [-0.4, -0.2) is 69.8 Å². The summed E-state index contributed by atoms with van der Waals surface area (Å²) in [6.07, 6.45) is 12.9. The monoisotopic (exact) mass is 482 g/mol. The van der Waals surface area contributed by atoms with E-state index in [1.807, 2.05) is 65.0 Å². The van der Waals surface area contributed by atoms with Gasteiger partial charge >= 0.3 is 0 Å². The summed E-state index contributed by atoms with van der Waals surface area (Å²) in [5.41, 5.74) is 4.88. The van der Waals surface area contributed by atoms with Gasteiger partial charge in [-0.2, -0.15) is 0 Å². The largest absolute Gasteiger partial charge is 0.385 e. The van der Waals surface area contributed by atoms with Gasteiger partial charge in [0.15, 0.2) is 0 Å². The summed E-state index contributed by atoms with van der Waals surface area (Å²) in [7, 11) is 3.69. The first-order valence-corrected chi connectivity index (χ1v) is 12.2. The van der Waals surface area contributed by atoms with Crippen LogP contribution in [0.3, 0.4) is 0 Å². The lowest BCUT2D eigenvalue weighted by Gasteiger charge is -2.29. The molecular weight excluding hydrogens is 431 g/mol. The number of carbonyl (C=O) groups is 1. The van der Waals surface area contributed by atoms with Gasteiger partial charge in [0, 0.05) is 53.1 Å². The fourth-order valence-corrected chi connectivity index (χ4v) is 2.60. The zero-order valence-corrected chi connectivity index (χ0v) is 22.9. The van der Waals surface area contributed by atoms with Crippen LogP contribution in [0.2, 0.25) is 0 Å². The molecule has 0 rings (SSSR count). The van der Waals surface area contributed by atoms with Gasteiger partial charge in [0.25, 0.3) is 0 Å². The third-order valence-electron chi connectivity index (χ3n) is 4.30. The van der Waals surface area contributed by atoms with E-state index in [0.29, 0.717) is 38.6 Å². The number of carbonyl (C=O) groups excluding carboxylic acids is 1. The van der Waals surface area contributed by atoms with Gasteiger partial charge in [-0.05, 0) is 36.5 Å². The van der Waals surface area contributed by atoms with Crippen molar-refractivity contribution in [1.29, 1.82) is 0 Å². The van der Waals surface area contributed by atoms with Crippen LogP contribution < -0.4 is 10.7 Å². The predicted molar refractivity (Wildman–Crippen MR) is 146 cm³/mol. The van der Waals surface area contributed by atoms with Gasteiger partial charge in [-0.1, -0.05) is 65.5 Å². The number of nitrogens with one attached hydrogen (secondary N) is 2. The number of halogens is 1. The summed E-state index contributed by atoms with van der Waals surface area (Å²) >= 11 is 0. The van der Waals surface area contributed by atoms with Crippen LogP contribution >= 0.6 is 0 Å². The number of aldehydes is 1. The van der Waals surface area contributed by atoms with Gasteiger partial charge in [0.2, 0.25) is 0 Å². The van der Waals surface area contributed by atoms with Crippen LogP contribution in [0.1, 0.15) is 48.0 Å². The Kier molecular flexibility index (Phi) is 31.1. The van der Waals surface area contributed by atoms with Crippen molar-refractivity contribution in [1.82, 2.24) is 20.7 Å². The minimum atomic E-state index is 0.488. The van der Waals surface area contributed by atoms with E-state index >= 15 is 0 Å². The quantitative estimate of drug-likeness (QED) is 0.0695. The van der Waals surface area contributed by atoms with Crippen molar-refractivity contribution < 1.29 is 13.9 Å².